The molecule has 142 valence electrons. The van der Waals surface area contributed by atoms with Gasteiger partial charge in [-0.3, -0.25) is 14.4 Å². The molecule has 2 amide bonds. The number of fused-ring (bicyclic) bond motifs is 3. The molecule has 0 radical (unpaired) electrons. The van der Waals surface area contributed by atoms with Crippen LogP contribution in [0.1, 0.15) is 44.1 Å². The van der Waals surface area contributed by atoms with Crippen molar-refractivity contribution in [2.24, 2.45) is 11.8 Å². The summed E-state index contributed by atoms with van der Waals surface area (Å²) >= 11 is 0. The number of amides is 2. The van der Waals surface area contributed by atoms with Crippen LogP contribution in [-0.2, 0) is 16.1 Å². The predicted molar refractivity (Wildman–Crippen MR) is 103 cm³/mol. The van der Waals surface area contributed by atoms with Crippen LogP contribution in [0.4, 0.5) is 0 Å². The third-order valence-corrected chi connectivity index (χ3v) is 5.94. The maximum atomic E-state index is 12.2. The van der Waals surface area contributed by atoms with E-state index in [-0.39, 0.29) is 18.1 Å². The highest BCUT2D eigenvalue weighted by atomic mass is 16.2. The fraction of sp³-hybridized carbons (Fsp3) is 0.476. The number of pyridine rings is 1. The summed E-state index contributed by atoms with van der Waals surface area (Å²) in [5, 5.41) is 6.35. The minimum atomic E-state index is -0.682. The summed E-state index contributed by atoms with van der Waals surface area (Å²) in [6, 6.07) is 9.29. The molecule has 2 bridgehead atoms. The van der Waals surface area contributed by atoms with E-state index in [0.29, 0.717) is 17.4 Å². The lowest BCUT2D eigenvalue weighted by Crippen LogP contribution is -2.47. The third kappa shape index (κ3) is 4.04. The van der Waals surface area contributed by atoms with Crippen LogP contribution in [0.2, 0.25) is 0 Å². The van der Waals surface area contributed by atoms with Crippen molar-refractivity contribution in [1.82, 2.24) is 15.6 Å². The smallest absolute Gasteiger partial charge is 0.309 e. The molecule has 1 aromatic carbocycles. The van der Waals surface area contributed by atoms with E-state index in [0.717, 1.165) is 23.7 Å². The number of aromatic nitrogens is 1. The number of aromatic amines is 1. The van der Waals surface area contributed by atoms with Crippen molar-refractivity contribution in [3.63, 3.8) is 0 Å². The average Bonchev–Trinajstić information content (AvgIpc) is 2.65. The Balaban J connectivity index is 1.34. The Bertz CT molecular complexity index is 908. The number of benzene rings is 1. The fourth-order valence-corrected chi connectivity index (χ4v) is 4.68. The van der Waals surface area contributed by atoms with Crippen molar-refractivity contribution >= 4 is 22.7 Å². The SMILES string of the molecule is O=C(NCc1cc2ccccc2[nH]c1=O)C(=O)NC1CC2CCCC(C2)C1. The molecule has 27 heavy (non-hydrogen) atoms. The van der Waals surface area contributed by atoms with Gasteiger partial charge < -0.3 is 15.6 Å². The second kappa shape index (κ2) is 7.55. The maximum absolute atomic E-state index is 12.2. The lowest BCUT2D eigenvalue weighted by atomic mass is 9.70. The molecule has 6 nitrogen and oxygen atoms in total. The van der Waals surface area contributed by atoms with Gasteiger partial charge in [0.15, 0.2) is 0 Å². The first-order valence-corrected chi connectivity index (χ1v) is 9.78. The summed E-state index contributed by atoms with van der Waals surface area (Å²) in [5.41, 5.74) is 0.926. The molecule has 2 aliphatic carbocycles. The van der Waals surface area contributed by atoms with Crippen molar-refractivity contribution in [3.8, 4) is 0 Å². The average molecular weight is 367 g/mol. The van der Waals surface area contributed by atoms with Gasteiger partial charge in [0, 0.05) is 23.7 Å². The van der Waals surface area contributed by atoms with Gasteiger partial charge in [-0.25, -0.2) is 0 Å². The molecule has 2 aliphatic rings. The van der Waals surface area contributed by atoms with Gasteiger partial charge in [-0.15, -0.1) is 0 Å². The molecule has 1 aromatic heterocycles. The van der Waals surface area contributed by atoms with E-state index in [1.165, 1.54) is 25.7 Å². The van der Waals surface area contributed by atoms with Gasteiger partial charge in [-0.1, -0.05) is 37.5 Å². The molecule has 0 spiro atoms. The van der Waals surface area contributed by atoms with Crippen LogP contribution in [0.5, 0.6) is 0 Å². The van der Waals surface area contributed by atoms with E-state index in [4.69, 9.17) is 0 Å². The van der Waals surface area contributed by atoms with E-state index < -0.39 is 11.8 Å². The Hall–Kier alpha value is -2.63. The van der Waals surface area contributed by atoms with Gasteiger partial charge in [0.25, 0.3) is 5.56 Å². The van der Waals surface area contributed by atoms with Crippen molar-refractivity contribution in [2.75, 3.05) is 0 Å². The van der Waals surface area contributed by atoms with Crippen molar-refractivity contribution in [1.29, 1.82) is 0 Å². The molecule has 1 heterocycles. The van der Waals surface area contributed by atoms with E-state index >= 15 is 0 Å². The van der Waals surface area contributed by atoms with Crippen LogP contribution in [0.25, 0.3) is 10.9 Å². The van der Waals surface area contributed by atoms with Crippen molar-refractivity contribution < 1.29 is 9.59 Å². The normalized spacial score (nSPS) is 24.4. The molecule has 4 rings (SSSR count). The van der Waals surface area contributed by atoms with Crippen LogP contribution >= 0.6 is 0 Å². The standard InChI is InChI=1S/C21H25N3O3/c25-19-16(11-15-6-1-2-7-18(15)24-19)12-22-20(26)21(27)23-17-9-13-4-3-5-14(8-13)10-17/h1-2,6-7,11,13-14,17H,3-5,8-10,12H2,(H,22,26)(H,23,27)(H,24,25). The molecule has 3 N–H and O–H groups in total. The molecule has 2 unspecified atom stereocenters. The summed E-state index contributed by atoms with van der Waals surface area (Å²) in [6.45, 7) is 0.0301. The zero-order valence-electron chi connectivity index (χ0n) is 15.3. The van der Waals surface area contributed by atoms with Crippen LogP contribution in [-0.4, -0.2) is 22.8 Å². The first-order valence-electron chi connectivity index (χ1n) is 9.78. The summed E-state index contributed by atoms with van der Waals surface area (Å²) in [6.07, 6.45) is 6.97. The minimum Gasteiger partial charge on any atom is -0.345 e. The molecule has 2 fully saturated rings. The molecule has 2 saturated carbocycles. The van der Waals surface area contributed by atoms with E-state index in [9.17, 15) is 14.4 Å². The first-order chi connectivity index (χ1) is 13.1. The lowest BCUT2D eigenvalue weighted by Gasteiger charge is -2.39. The molecular weight excluding hydrogens is 342 g/mol. The summed E-state index contributed by atoms with van der Waals surface area (Å²) < 4.78 is 0. The Morgan fingerprint density at radius 3 is 2.56 bits per heavy atom. The molecule has 0 aliphatic heterocycles. The molecule has 6 heteroatoms. The van der Waals surface area contributed by atoms with E-state index in [1.54, 1.807) is 6.07 Å². The van der Waals surface area contributed by atoms with Crippen molar-refractivity contribution in [2.45, 2.75) is 51.1 Å². The molecule has 2 atom stereocenters. The third-order valence-electron chi connectivity index (χ3n) is 5.94. The second-order valence-electron chi connectivity index (χ2n) is 7.93. The lowest BCUT2D eigenvalue weighted by molar-refractivity contribution is -0.140. The Morgan fingerprint density at radius 2 is 1.78 bits per heavy atom. The number of carbonyl (C=O) groups is 2. The number of para-hydroxylation sites is 1. The maximum Gasteiger partial charge on any atom is 0.309 e. The van der Waals surface area contributed by atoms with Gasteiger partial charge in [0.05, 0.1) is 0 Å². The summed E-state index contributed by atoms with van der Waals surface area (Å²) in [5.74, 6) is 0.0829. The zero-order chi connectivity index (χ0) is 18.8. The highest BCUT2D eigenvalue weighted by molar-refractivity contribution is 6.35. The number of H-pyrrole nitrogens is 1. The molecular formula is C21H25N3O3. The van der Waals surface area contributed by atoms with Crippen LogP contribution in [0, 0.1) is 11.8 Å². The zero-order valence-corrected chi connectivity index (χ0v) is 15.3. The van der Waals surface area contributed by atoms with E-state index in [1.807, 2.05) is 24.3 Å². The highest BCUT2D eigenvalue weighted by Crippen LogP contribution is 2.39. The van der Waals surface area contributed by atoms with Gasteiger partial charge in [0.1, 0.15) is 0 Å². The second-order valence-corrected chi connectivity index (χ2v) is 7.93. The van der Waals surface area contributed by atoms with Crippen LogP contribution < -0.4 is 16.2 Å². The van der Waals surface area contributed by atoms with Crippen LogP contribution in [0.15, 0.2) is 35.1 Å². The quantitative estimate of drug-likeness (QED) is 0.727. The number of carbonyl (C=O) groups excluding carboxylic acids is 2. The number of hydrogen-bond acceptors (Lipinski definition) is 3. The highest BCUT2D eigenvalue weighted by Gasteiger charge is 2.33. The predicted octanol–water partition coefficient (Wildman–Crippen LogP) is 2.23. The summed E-state index contributed by atoms with van der Waals surface area (Å²) in [4.78, 5) is 39.3. The van der Waals surface area contributed by atoms with E-state index in [2.05, 4.69) is 15.6 Å². The minimum absolute atomic E-state index is 0.0301. The van der Waals surface area contributed by atoms with Gasteiger partial charge in [0.2, 0.25) is 0 Å². The van der Waals surface area contributed by atoms with Gasteiger partial charge in [-0.05, 0) is 48.6 Å². The Kier molecular flexibility index (Phi) is 4.97. The van der Waals surface area contributed by atoms with Crippen molar-refractivity contribution in [3.05, 3.63) is 46.2 Å². The first kappa shape index (κ1) is 17.8. The monoisotopic (exact) mass is 367 g/mol. The number of rotatable bonds is 3. The Labute approximate surface area is 157 Å². The molecule has 2 aromatic rings. The van der Waals surface area contributed by atoms with Gasteiger partial charge >= 0.3 is 11.8 Å². The Morgan fingerprint density at radius 1 is 1.04 bits per heavy atom. The van der Waals surface area contributed by atoms with Gasteiger partial charge in [-0.2, -0.15) is 0 Å². The largest absolute Gasteiger partial charge is 0.345 e. The summed E-state index contributed by atoms with van der Waals surface area (Å²) in [7, 11) is 0. The molecule has 0 saturated heterocycles. The van der Waals surface area contributed by atoms with Crippen LogP contribution in [0.3, 0.4) is 0 Å². The number of nitrogens with one attached hydrogen (secondary N) is 3. The fourth-order valence-electron chi connectivity index (χ4n) is 4.68. The topological polar surface area (TPSA) is 91.1 Å². The number of hydrogen-bond donors (Lipinski definition) is 3.